The van der Waals surface area contributed by atoms with Gasteiger partial charge in [0.25, 0.3) is 0 Å². The van der Waals surface area contributed by atoms with Crippen LogP contribution in [0, 0.1) is 5.92 Å². The van der Waals surface area contributed by atoms with Crippen LogP contribution in [0.4, 0.5) is 0 Å². The van der Waals surface area contributed by atoms with Crippen molar-refractivity contribution in [3.63, 3.8) is 0 Å². The lowest BCUT2D eigenvalue weighted by molar-refractivity contribution is 0.294. The van der Waals surface area contributed by atoms with E-state index in [0.29, 0.717) is 5.92 Å². The highest BCUT2D eigenvalue weighted by atomic mass is 14.5. The molecule has 2 aliphatic rings. The molecule has 4 aromatic carbocycles. The Hall–Kier alpha value is -3.12. The van der Waals surface area contributed by atoms with E-state index in [4.69, 9.17) is 0 Å². The van der Waals surface area contributed by atoms with Crippen LogP contribution >= 0.6 is 0 Å². The zero-order valence-electron chi connectivity index (χ0n) is 24.7. The SMILES string of the molecule is CC(C)(C)c1ccc2c(c1)C(C(c1ccccc1)(c1ccccc1)C1CCCC1)c1cc(C(C)(C)C)ccc1-2. The maximum atomic E-state index is 2.58. The Kier molecular flexibility index (Phi) is 6.37. The number of rotatable bonds is 4. The van der Waals surface area contributed by atoms with Gasteiger partial charge in [-0.25, -0.2) is 0 Å². The molecular formula is C39H44. The van der Waals surface area contributed by atoms with Crippen molar-refractivity contribution in [2.75, 3.05) is 0 Å². The highest BCUT2D eigenvalue weighted by Gasteiger charge is 2.53. The summed E-state index contributed by atoms with van der Waals surface area (Å²) in [4.78, 5) is 0. The smallest absolute Gasteiger partial charge is 0.0340 e. The van der Waals surface area contributed by atoms with Crippen LogP contribution in [0.1, 0.15) is 107 Å². The fourth-order valence-electron chi connectivity index (χ4n) is 7.70. The second kappa shape index (κ2) is 9.51. The lowest BCUT2D eigenvalue weighted by Gasteiger charge is -2.46. The first kappa shape index (κ1) is 26.1. The average Bonchev–Trinajstić information content (AvgIpc) is 3.57. The third-order valence-electron chi connectivity index (χ3n) is 9.70. The molecule has 0 heteroatoms. The molecule has 0 heterocycles. The first-order valence-corrected chi connectivity index (χ1v) is 15.0. The predicted octanol–water partition coefficient (Wildman–Crippen LogP) is 10.6. The molecule has 0 aromatic heterocycles. The molecule has 0 bridgehead atoms. The number of hydrogen-bond donors (Lipinski definition) is 0. The molecule has 200 valence electrons. The summed E-state index contributed by atoms with van der Waals surface area (Å²) in [6.45, 7) is 14.1. The van der Waals surface area contributed by atoms with Crippen LogP contribution < -0.4 is 0 Å². The fourth-order valence-corrected chi connectivity index (χ4v) is 7.70. The lowest BCUT2D eigenvalue weighted by atomic mass is 9.55. The van der Waals surface area contributed by atoms with Crippen LogP contribution in [-0.4, -0.2) is 0 Å². The van der Waals surface area contributed by atoms with Gasteiger partial charge in [-0.15, -0.1) is 0 Å². The van der Waals surface area contributed by atoms with Gasteiger partial charge in [-0.3, -0.25) is 0 Å². The highest BCUT2D eigenvalue weighted by molar-refractivity contribution is 5.82. The van der Waals surface area contributed by atoms with Crippen LogP contribution in [-0.2, 0) is 16.2 Å². The summed E-state index contributed by atoms with van der Waals surface area (Å²) in [5.74, 6) is 0.850. The van der Waals surface area contributed by atoms with Gasteiger partial charge in [-0.1, -0.05) is 151 Å². The third kappa shape index (κ3) is 4.28. The molecule has 0 amide bonds. The molecule has 0 N–H and O–H groups in total. The molecule has 4 aromatic rings. The van der Waals surface area contributed by atoms with E-state index >= 15 is 0 Å². The average molecular weight is 513 g/mol. The van der Waals surface area contributed by atoms with Crippen LogP contribution in [0.25, 0.3) is 11.1 Å². The maximum absolute atomic E-state index is 2.58. The topological polar surface area (TPSA) is 0 Å². The normalized spacial score (nSPS) is 16.4. The summed E-state index contributed by atoms with van der Waals surface area (Å²) in [7, 11) is 0. The first-order valence-electron chi connectivity index (χ1n) is 15.0. The van der Waals surface area contributed by atoms with Crippen LogP contribution in [0.5, 0.6) is 0 Å². The Morgan fingerprint density at radius 3 is 1.28 bits per heavy atom. The van der Waals surface area contributed by atoms with Crippen molar-refractivity contribution >= 4 is 0 Å². The van der Waals surface area contributed by atoms with Crippen molar-refractivity contribution < 1.29 is 0 Å². The third-order valence-corrected chi connectivity index (χ3v) is 9.70. The minimum atomic E-state index is -0.133. The van der Waals surface area contributed by atoms with Crippen molar-refractivity contribution in [2.45, 2.75) is 89.4 Å². The van der Waals surface area contributed by atoms with Gasteiger partial charge >= 0.3 is 0 Å². The molecule has 0 unspecified atom stereocenters. The summed E-state index contributed by atoms with van der Waals surface area (Å²) in [5, 5.41) is 0. The van der Waals surface area contributed by atoms with Crippen molar-refractivity contribution in [3.8, 4) is 11.1 Å². The molecule has 1 saturated carbocycles. The van der Waals surface area contributed by atoms with Gasteiger partial charge in [0.15, 0.2) is 0 Å². The number of hydrogen-bond acceptors (Lipinski definition) is 0. The summed E-state index contributed by atoms with van der Waals surface area (Å²) in [6.07, 6.45) is 5.21. The van der Waals surface area contributed by atoms with E-state index in [1.54, 1.807) is 0 Å². The van der Waals surface area contributed by atoms with Crippen molar-refractivity contribution in [3.05, 3.63) is 130 Å². The van der Waals surface area contributed by atoms with Gasteiger partial charge in [-0.2, -0.15) is 0 Å². The van der Waals surface area contributed by atoms with Crippen LogP contribution in [0.15, 0.2) is 97.1 Å². The summed E-state index contributed by atoms with van der Waals surface area (Å²) >= 11 is 0. The predicted molar refractivity (Wildman–Crippen MR) is 167 cm³/mol. The number of benzene rings is 4. The maximum Gasteiger partial charge on any atom is 0.0340 e. The van der Waals surface area contributed by atoms with E-state index in [9.17, 15) is 0 Å². The molecular weight excluding hydrogens is 468 g/mol. The molecule has 6 rings (SSSR count). The molecule has 39 heavy (non-hydrogen) atoms. The molecule has 0 aliphatic heterocycles. The Labute approximate surface area is 236 Å². The summed E-state index contributed by atoms with van der Waals surface area (Å²) in [6, 6.07) is 37.9. The summed E-state index contributed by atoms with van der Waals surface area (Å²) < 4.78 is 0. The molecule has 2 aliphatic carbocycles. The van der Waals surface area contributed by atoms with Gasteiger partial charge in [-0.05, 0) is 74.1 Å². The Balaban J connectivity index is 1.75. The molecule has 0 atom stereocenters. The molecule has 0 nitrogen and oxygen atoms in total. The zero-order valence-corrected chi connectivity index (χ0v) is 24.7. The second-order valence-electron chi connectivity index (χ2n) is 14.1. The molecule has 0 spiro atoms. The van der Waals surface area contributed by atoms with Gasteiger partial charge in [0.05, 0.1) is 0 Å². The molecule has 0 saturated heterocycles. The van der Waals surface area contributed by atoms with Gasteiger partial charge in [0.1, 0.15) is 0 Å². The fraction of sp³-hybridized carbons (Fsp3) is 0.385. The largest absolute Gasteiger partial charge is 0.0622 e. The monoisotopic (exact) mass is 512 g/mol. The van der Waals surface area contributed by atoms with E-state index in [-0.39, 0.29) is 22.2 Å². The van der Waals surface area contributed by atoms with Gasteiger partial charge in [0.2, 0.25) is 0 Å². The minimum absolute atomic E-state index is 0.0977. The lowest BCUT2D eigenvalue weighted by Crippen LogP contribution is -2.41. The van der Waals surface area contributed by atoms with Crippen molar-refractivity contribution in [2.24, 2.45) is 5.92 Å². The van der Waals surface area contributed by atoms with E-state index in [2.05, 4.69) is 139 Å². The Morgan fingerprint density at radius 1 is 0.487 bits per heavy atom. The highest BCUT2D eigenvalue weighted by Crippen LogP contribution is 2.62. The van der Waals surface area contributed by atoms with Crippen LogP contribution in [0.3, 0.4) is 0 Å². The molecule has 1 fully saturated rings. The van der Waals surface area contributed by atoms with Gasteiger partial charge < -0.3 is 0 Å². The summed E-state index contributed by atoms with van der Waals surface area (Å²) in [5.41, 5.74) is 11.7. The van der Waals surface area contributed by atoms with E-state index in [0.717, 1.165) is 0 Å². The number of fused-ring (bicyclic) bond motifs is 3. The van der Waals surface area contributed by atoms with Crippen molar-refractivity contribution in [1.29, 1.82) is 0 Å². The Morgan fingerprint density at radius 2 is 0.897 bits per heavy atom. The van der Waals surface area contributed by atoms with Crippen LogP contribution in [0.2, 0.25) is 0 Å². The second-order valence-corrected chi connectivity index (χ2v) is 14.1. The standard InChI is InChI=1S/C39H44/c1-37(2,3)30-21-23-32-33-24-22-31(38(4,5)6)26-35(33)36(34(32)25-30)39(29-19-13-14-20-29,27-15-9-7-10-16-27)28-17-11-8-12-18-28/h7-12,15-18,21-26,29,36H,13-14,19-20H2,1-6H3. The first-order chi connectivity index (χ1) is 18.6. The Bertz CT molecular complexity index is 1350. The quantitative estimate of drug-likeness (QED) is 0.255. The van der Waals surface area contributed by atoms with Gasteiger partial charge in [0, 0.05) is 11.3 Å². The zero-order chi connectivity index (χ0) is 27.4. The van der Waals surface area contributed by atoms with E-state index in [1.165, 1.54) is 70.2 Å². The minimum Gasteiger partial charge on any atom is -0.0622 e. The van der Waals surface area contributed by atoms with Crippen molar-refractivity contribution in [1.82, 2.24) is 0 Å². The van der Waals surface area contributed by atoms with E-state index in [1.807, 2.05) is 0 Å². The molecule has 0 radical (unpaired) electrons. The van der Waals surface area contributed by atoms with E-state index < -0.39 is 0 Å².